The Kier molecular flexibility index (Phi) is 2.82. The number of pyridine rings is 2. The van der Waals surface area contributed by atoms with Crippen LogP contribution in [0, 0.1) is 0 Å². The molecule has 4 heteroatoms. The number of aromatic nitrogens is 2. The van der Waals surface area contributed by atoms with Gasteiger partial charge in [-0.3, -0.25) is 0 Å². The third-order valence-corrected chi connectivity index (χ3v) is 2.81. The standard InChI is InChI=1S/C14H10ClN3/c15-11-5-6-12-10(9-11)4-7-14(17-12)18-13-3-1-2-8-16-13/h1-9H,(H,16,17,18). The van der Waals surface area contributed by atoms with Gasteiger partial charge in [-0.2, -0.15) is 0 Å². The van der Waals surface area contributed by atoms with Gasteiger partial charge in [-0.15, -0.1) is 0 Å². The average Bonchev–Trinajstić information content (AvgIpc) is 2.40. The van der Waals surface area contributed by atoms with Gasteiger partial charge < -0.3 is 5.32 Å². The molecule has 0 spiro atoms. The number of anilines is 2. The first-order valence-electron chi connectivity index (χ1n) is 5.56. The molecule has 0 fully saturated rings. The van der Waals surface area contributed by atoms with E-state index in [0.717, 1.165) is 27.6 Å². The maximum Gasteiger partial charge on any atom is 0.132 e. The van der Waals surface area contributed by atoms with Crippen molar-refractivity contribution < 1.29 is 0 Å². The van der Waals surface area contributed by atoms with E-state index in [-0.39, 0.29) is 0 Å². The summed E-state index contributed by atoms with van der Waals surface area (Å²) in [4.78, 5) is 8.70. The minimum Gasteiger partial charge on any atom is -0.325 e. The second-order valence-electron chi connectivity index (χ2n) is 3.87. The molecule has 0 saturated heterocycles. The zero-order valence-electron chi connectivity index (χ0n) is 9.47. The van der Waals surface area contributed by atoms with E-state index in [4.69, 9.17) is 11.6 Å². The highest BCUT2D eigenvalue weighted by Gasteiger charge is 2.00. The fraction of sp³-hybridized carbons (Fsp3) is 0. The van der Waals surface area contributed by atoms with Crippen molar-refractivity contribution in [1.29, 1.82) is 0 Å². The summed E-state index contributed by atoms with van der Waals surface area (Å²) in [6, 6.07) is 15.2. The van der Waals surface area contributed by atoms with Crippen molar-refractivity contribution in [2.45, 2.75) is 0 Å². The normalized spacial score (nSPS) is 10.5. The van der Waals surface area contributed by atoms with E-state index in [1.807, 2.05) is 48.5 Å². The van der Waals surface area contributed by atoms with Gasteiger partial charge in [-0.1, -0.05) is 17.7 Å². The predicted molar refractivity (Wildman–Crippen MR) is 74.3 cm³/mol. The lowest BCUT2D eigenvalue weighted by atomic mass is 10.2. The van der Waals surface area contributed by atoms with Gasteiger partial charge >= 0.3 is 0 Å². The maximum absolute atomic E-state index is 5.93. The van der Waals surface area contributed by atoms with Gasteiger partial charge in [0.1, 0.15) is 11.6 Å². The first kappa shape index (κ1) is 11.0. The Bertz CT molecular complexity index is 683. The number of fused-ring (bicyclic) bond motifs is 1. The molecule has 18 heavy (non-hydrogen) atoms. The number of benzene rings is 1. The SMILES string of the molecule is Clc1ccc2nc(Nc3ccccn3)ccc2c1. The zero-order valence-corrected chi connectivity index (χ0v) is 10.2. The molecule has 2 heterocycles. The molecule has 0 aliphatic heterocycles. The van der Waals surface area contributed by atoms with E-state index in [1.165, 1.54) is 0 Å². The van der Waals surface area contributed by atoms with E-state index >= 15 is 0 Å². The van der Waals surface area contributed by atoms with Gasteiger partial charge in [0.2, 0.25) is 0 Å². The van der Waals surface area contributed by atoms with Crippen molar-refractivity contribution in [3.8, 4) is 0 Å². The van der Waals surface area contributed by atoms with Crippen LogP contribution in [0.4, 0.5) is 11.6 Å². The predicted octanol–water partition coefficient (Wildman–Crippen LogP) is 4.03. The summed E-state index contributed by atoms with van der Waals surface area (Å²) in [5.41, 5.74) is 0.903. The lowest BCUT2D eigenvalue weighted by molar-refractivity contribution is 1.28. The van der Waals surface area contributed by atoms with Crippen LogP contribution in [0.2, 0.25) is 5.02 Å². The molecule has 3 nitrogen and oxygen atoms in total. The molecule has 2 aromatic heterocycles. The third kappa shape index (κ3) is 2.26. The molecule has 3 rings (SSSR count). The molecule has 1 aromatic carbocycles. The highest BCUT2D eigenvalue weighted by molar-refractivity contribution is 6.31. The molecule has 0 unspecified atom stereocenters. The van der Waals surface area contributed by atoms with Gasteiger partial charge in [-0.05, 0) is 42.5 Å². The first-order valence-corrected chi connectivity index (χ1v) is 5.93. The summed E-state index contributed by atoms with van der Waals surface area (Å²) in [6.45, 7) is 0. The number of hydrogen-bond acceptors (Lipinski definition) is 3. The largest absolute Gasteiger partial charge is 0.325 e. The molecular formula is C14H10ClN3. The molecular weight excluding hydrogens is 246 g/mol. The number of nitrogens with one attached hydrogen (secondary N) is 1. The monoisotopic (exact) mass is 255 g/mol. The van der Waals surface area contributed by atoms with E-state index in [2.05, 4.69) is 15.3 Å². The number of hydrogen-bond donors (Lipinski definition) is 1. The van der Waals surface area contributed by atoms with Crippen LogP contribution < -0.4 is 5.32 Å². The number of nitrogens with zero attached hydrogens (tertiary/aromatic N) is 2. The maximum atomic E-state index is 5.93. The van der Waals surface area contributed by atoms with E-state index in [9.17, 15) is 0 Å². The Morgan fingerprint density at radius 3 is 2.72 bits per heavy atom. The van der Waals surface area contributed by atoms with Crippen LogP contribution >= 0.6 is 11.6 Å². The lowest BCUT2D eigenvalue weighted by Crippen LogP contribution is -1.95. The Morgan fingerprint density at radius 1 is 0.944 bits per heavy atom. The van der Waals surface area contributed by atoms with Gasteiger partial charge in [0.25, 0.3) is 0 Å². The molecule has 0 aliphatic carbocycles. The molecule has 0 radical (unpaired) electrons. The molecule has 0 saturated carbocycles. The van der Waals surface area contributed by atoms with Crippen LogP contribution in [0.3, 0.4) is 0 Å². The summed E-state index contributed by atoms with van der Waals surface area (Å²) < 4.78 is 0. The summed E-state index contributed by atoms with van der Waals surface area (Å²) in [5.74, 6) is 1.54. The van der Waals surface area contributed by atoms with E-state index < -0.39 is 0 Å². The van der Waals surface area contributed by atoms with Crippen molar-refractivity contribution >= 4 is 34.1 Å². The molecule has 0 bridgehead atoms. The Labute approximate surface area is 109 Å². The first-order chi connectivity index (χ1) is 8.81. The van der Waals surface area contributed by atoms with Crippen molar-refractivity contribution in [2.75, 3.05) is 5.32 Å². The summed E-state index contributed by atoms with van der Waals surface area (Å²) in [7, 11) is 0. The van der Waals surface area contributed by atoms with Crippen LogP contribution in [-0.2, 0) is 0 Å². The van der Waals surface area contributed by atoms with Gasteiger partial charge in [-0.25, -0.2) is 9.97 Å². The fourth-order valence-corrected chi connectivity index (χ4v) is 1.91. The van der Waals surface area contributed by atoms with Crippen LogP contribution in [0.25, 0.3) is 10.9 Å². The molecule has 3 aromatic rings. The molecule has 88 valence electrons. The van der Waals surface area contributed by atoms with Crippen LogP contribution in [0.15, 0.2) is 54.7 Å². The van der Waals surface area contributed by atoms with Crippen LogP contribution in [0.5, 0.6) is 0 Å². The Morgan fingerprint density at radius 2 is 1.89 bits per heavy atom. The van der Waals surface area contributed by atoms with Gasteiger partial charge in [0.05, 0.1) is 5.52 Å². The number of halogens is 1. The number of rotatable bonds is 2. The highest BCUT2D eigenvalue weighted by Crippen LogP contribution is 2.20. The smallest absolute Gasteiger partial charge is 0.132 e. The van der Waals surface area contributed by atoms with Gasteiger partial charge in [0.15, 0.2) is 0 Å². The summed E-state index contributed by atoms with van der Waals surface area (Å²) >= 11 is 5.93. The van der Waals surface area contributed by atoms with Gasteiger partial charge in [0, 0.05) is 16.6 Å². The Hall–Kier alpha value is -2.13. The average molecular weight is 256 g/mol. The lowest BCUT2D eigenvalue weighted by Gasteiger charge is -2.05. The third-order valence-electron chi connectivity index (χ3n) is 2.57. The highest BCUT2D eigenvalue weighted by atomic mass is 35.5. The molecule has 0 atom stereocenters. The topological polar surface area (TPSA) is 37.8 Å². The van der Waals surface area contributed by atoms with E-state index in [0.29, 0.717) is 0 Å². The van der Waals surface area contributed by atoms with Crippen molar-refractivity contribution in [2.24, 2.45) is 0 Å². The van der Waals surface area contributed by atoms with E-state index in [1.54, 1.807) is 6.20 Å². The van der Waals surface area contributed by atoms with Crippen molar-refractivity contribution in [1.82, 2.24) is 9.97 Å². The molecule has 0 aliphatic rings. The van der Waals surface area contributed by atoms with Crippen LogP contribution in [-0.4, -0.2) is 9.97 Å². The molecule has 1 N–H and O–H groups in total. The Balaban J connectivity index is 1.96. The quantitative estimate of drug-likeness (QED) is 0.751. The summed E-state index contributed by atoms with van der Waals surface area (Å²) in [5, 5.41) is 4.90. The van der Waals surface area contributed by atoms with Crippen molar-refractivity contribution in [3.63, 3.8) is 0 Å². The fourth-order valence-electron chi connectivity index (χ4n) is 1.73. The van der Waals surface area contributed by atoms with Crippen molar-refractivity contribution in [3.05, 3.63) is 59.8 Å². The zero-order chi connectivity index (χ0) is 12.4. The second-order valence-corrected chi connectivity index (χ2v) is 4.31. The minimum absolute atomic E-state index is 0.717. The van der Waals surface area contributed by atoms with Crippen LogP contribution in [0.1, 0.15) is 0 Å². The summed E-state index contributed by atoms with van der Waals surface area (Å²) in [6.07, 6.45) is 1.74. The molecule has 0 amide bonds. The minimum atomic E-state index is 0.717. The second kappa shape index (κ2) is 4.63.